The van der Waals surface area contributed by atoms with Crippen LogP contribution in [0.5, 0.6) is 5.75 Å². The van der Waals surface area contributed by atoms with Crippen LogP contribution in [0.2, 0.25) is 0 Å². The van der Waals surface area contributed by atoms with E-state index in [1.54, 1.807) is 75.4 Å². The molecule has 138 valence electrons. The molecule has 0 N–H and O–H groups in total. The van der Waals surface area contributed by atoms with Gasteiger partial charge in [0.25, 0.3) is 5.78 Å². The van der Waals surface area contributed by atoms with Crippen molar-refractivity contribution >= 4 is 28.7 Å². The molecule has 3 rings (SSSR count). The largest absolute Gasteiger partial charge is 0.443 e. The van der Waals surface area contributed by atoms with Gasteiger partial charge in [0.05, 0.1) is 11.1 Å². The van der Waals surface area contributed by atoms with Crippen molar-refractivity contribution in [2.75, 3.05) is 0 Å². The molecule has 0 spiro atoms. The molecule has 0 aliphatic heterocycles. The molecule has 0 unspecified atom stereocenters. The highest BCUT2D eigenvalue weighted by Crippen LogP contribution is 2.24. The van der Waals surface area contributed by atoms with Crippen molar-refractivity contribution in [3.8, 4) is 5.75 Å². The topological polar surface area (TPSA) is 74.6 Å². The number of ketones is 1. The summed E-state index contributed by atoms with van der Waals surface area (Å²) in [6.45, 7) is 5.25. The molecule has 0 radical (unpaired) electrons. The number of carbonyl (C=O) groups is 3. The van der Waals surface area contributed by atoms with E-state index < -0.39 is 23.4 Å². The number of fused-ring (bicyclic) bond motifs is 1. The molecule has 2 aromatic carbocycles. The number of hydrogen-bond acceptors (Lipinski definition) is 5. The molecule has 0 bridgehead atoms. The second kappa shape index (κ2) is 7.07. The highest BCUT2D eigenvalue weighted by atomic mass is 16.6. The molecule has 0 fully saturated rings. The molecule has 0 amide bonds. The highest BCUT2D eigenvalue weighted by Gasteiger charge is 2.26. The summed E-state index contributed by atoms with van der Waals surface area (Å²) in [4.78, 5) is 37.4. The molecule has 0 aliphatic carbocycles. The van der Waals surface area contributed by atoms with E-state index in [0.717, 1.165) is 0 Å². The molecule has 0 aliphatic rings. The maximum atomic E-state index is 12.6. The van der Waals surface area contributed by atoms with Crippen molar-refractivity contribution in [2.45, 2.75) is 26.4 Å². The molecule has 1 heterocycles. The second-order valence-electron chi connectivity index (χ2n) is 6.94. The summed E-state index contributed by atoms with van der Waals surface area (Å²) in [7, 11) is 0. The fourth-order valence-corrected chi connectivity index (χ4v) is 2.57. The van der Waals surface area contributed by atoms with Crippen LogP contribution in [-0.4, -0.2) is 28.0 Å². The van der Waals surface area contributed by atoms with Gasteiger partial charge in [-0.15, -0.1) is 0 Å². The molecule has 6 heteroatoms. The van der Waals surface area contributed by atoms with Gasteiger partial charge in [-0.3, -0.25) is 9.36 Å². The van der Waals surface area contributed by atoms with Gasteiger partial charge >= 0.3 is 12.1 Å². The van der Waals surface area contributed by atoms with Crippen molar-refractivity contribution in [1.29, 1.82) is 0 Å². The molecule has 3 aromatic rings. The monoisotopic (exact) mass is 365 g/mol. The van der Waals surface area contributed by atoms with Crippen molar-refractivity contribution < 1.29 is 23.9 Å². The Morgan fingerprint density at radius 2 is 1.52 bits per heavy atom. The van der Waals surface area contributed by atoms with Gasteiger partial charge < -0.3 is 9.47 Å². The minimum atomic E-state index is -1.02. The van der Waals surface area contributed by atoms with E-state index in [1.807, 2.05) is 0 Å². The lowest BCUT2D eigenvalue weighted by Crippen LogP contribution is -2.27. The summed E-state index contributed by atoms with van der Waals surface area (Å²) in [6.07, 6.45) is 0.682. The number of ether oxygens (including phenoxy) is 2. The number of carbonyl (C=O) groups excluding carboxylic acids is 3. The third-order valence-electron chi connectivity index (χ3n) is 3.69. The first-order chi connectivity index (χ1) is 12.8. The Kier molecular flexibility index (Phi) is 4.81. The Balaban J connectivity index is 1.96. The first kappa shape index (κ1) is 18.4. The summed E-state index contributed by atoms with van der Waals surface area (Å²) in [5, 5.41) is 0.471. The third kappa shape index (κ3) is 4.06. The van der Waals surface area contributed by atoms with Gasteiger partial charge in [-0.2, -0.15) is 0 Å². The van der Waals surface area contributed by atoms with Gasteiger partial charge in [0, 0.05) is 11.6 Å². The van der Waals surface area contributed by atoms with Crippen LogP contribution in [0, 0.1) is 0 Å². The fourth-order valence-electron chi connectivity index (χ4n) is 2.57. The van der Waals surface area contributed by atoms with E-state index in [-0.39, 0.29) is 11.3 Å². The van der Waals surface area contributed by atoms with Gasteiger partial charge in [0.15, 0.2) is 0 Å². The quantitative estimate of drug-likeness (QED) is 0.301. The van der Waals surface area contributed by atoms with Gasteiger partial charge in [-0.05, 0) is 39.0 Å². The Morgan fingerprint density at radius 1 is 0.889 bits per heavy atom. The van der Waals surface area contributed by atoms with Crippen LogP contribution in [0.3, 0.4) is 0 Å². The fraction of sp³-hybridized carbons (Fsp3) is 0.190. The predicted molar refractivity (Wildman–Crippen MR) is 100.0 cm³/mol. The minimum Gasteiger partial charge on any atom is -0.443 e. The zero-order valence-electron chi connectivity index (χ0n) is 15.3. The molecule has 0 saturated carbocycles. The molecular weight excluding hydrogens is 346 g/mol. The van der Waals surface area contributed by atoms with Gasteiger partial charge in [0.2, 0.25) is 0 Å². The number of para-hydroxylation sites is 2. The first-order valence-electron chi connectivity index (χ1n) is 8.41. The van der Waals surface area contributed by atoms with Gasteiger partial charge in [-0.1, -0.05) is 36.4 Å². The number of Topliss-reactive ketones (excluding diaryl/α,β-unsaturated/α-hetero) is 1. The Labute approximate surface area is 156 Å². The predicted octanol–water partition coefficient (Wildman–Crippen LogP) is 4.21. The maximum Gasteiger partial charge on any atom is 0.419 e. The van der Waals surface area contributed by atoms with Crippen molar-refractivity contribution in [2.24, 2.45) is 0 Å². The van der Waals surface area contributed by atoms with E-state index in [1.165, 1.54) is 10.8 Å². The number of aromatic nitrogens is 1. The number of benzene rings is 2. The number of nitrogens with zero attached hydrogens (tertiary/aromatic N) is 1. The standard InChI is InChI=1S/C21H19NO5/c1-21(2,3)27-20(25)22-13-16(15-11-7-8-12-17(15)22)18(23)19(24)26-14-9-5-4-6-10-14/h4-13H,1-3H3. The number of rotatable bonds is 3. The number of esters is 1. The lowest BCUT2D eigenvalue weighted by molar-refractivity contribution is -0.129. The zero-order chi connectivity index (χ0) is 19.6. The van der Waals surface area contributed by atoms with Crippen molar-refractivity contribution in [1.82, 2.24) is 4.57 Å². The Hall–Kier alpha value is -3.41. The lowest BCUT2D eigenvalue weighted by Gasteiger charge is -2.19. The van der Waals surface area contributed by atoms with Crippen LogP contribution in [0.4, 0.5) is 4.79 Å². The SMILES string of the molecule is CC(C)(C)OC(=O)n1cc(C(=O)C(=O)Oc2ccccc2)c2ccccc21. The average molecular weight is 365 g/mol. The summed E-state index contributed by atoms with van der Waals surface area (Å²) in [5.41, 5.74) is -0.140. The van der Waals surface area contributed by atoms with Crippen molar-refractivity contribution in [3.63, 3.8) is 0 Å². The van der Waals surface area contributed by atoms with Crippen molar-refractivity contribution in [3.05, 3.63) is 66.4 Å². The van der Waals surface area contributed by atoms with Crippen LogP contribution in [0.15, 0.2) is 60.8 Å². The molecule has 1 aromatic heterocycles. The van der Waals surface area contributed by atoms with E-state index in [0.29, 0.717) is 10.9 Å². The molecule has 6 nitrogen and oxygen atoms in total. The smallest absolute Gasteiger partial charge is 0.419 e. The normalized spacial score (nSPS) is 11.2. The minimum absolute atomic E-state index is 0.0809. The maximum absolute atomic E-state index is 12.6. The van der Waals surface area contributed by atoms with Crippen LogP contribution in [0.25, 0.3) is 10.9 Å². The lowest BCUT2D eigenvalue weighted by atomic mass is 10.1. The second-order valence-corrected chi connectivity index (χ2v) is 6.94. The van der Waals surface area contributed by atoms with Crippen LogP contribution in [0.1, 0.15) is 31.1 Å². The summed E-state index contributed by atoms with van der Waals surface area (Å²) in [5.74, 6) is -1.59. The molecule has 0 atom stereocenters. The van der Waals surface area contributed by atoms with Crippen LogP contribution in [-0.2, 0) is 9.53 Å². The number of hydrogen-bond donors (Lipinski definition) is 0. The molecule has 27 heavy (non-hydrogen) atoms. The first-order valence-corrected chi connectivity index (χ1v) is 8.41. The van der Waals surface area contributed by atoms with E-state index in [4.69, 9.17) is 9.47 Å². The van der Waals surface area contributed by atoms with E-state index in [2.05, 4.69) is 0 Å². The highest BCUT2D eigenvalue weighted by molar-refractivity contribution is 6.43. The summed E-state index contributed by atoms with van der Waals surface area (Å²) >= 11 is 0. The Morgan fingerprint density at radius 3 is 2.19 bits per heavy atom. The van der Waals surface area contributed by atoms with Gasteiger partial charge in [-0.25, -0.2) is 9.59 Å². The van der Waals surface area contributed by atoms with E-state index in [9.17, 15) is 14.4 Å². The zero-order valence-corrected chi connectivity index (χ0v) is 15.3. The summed E-state index contributed by atoms with van der Waals surface area (Å²) < 4.78 is 11.7. The summed E-state index contributed by atoms with van der Waals surface area (Å²) in [6, 6.07) is 15.1. The van der Waals surface area contributed by atoms with Crippen LogP contribution < -0.4 is 4.74 Å². The molecule has 0 saturated heterocycles. The van der Waals surface area contributed by atoms with Crippen LogP contribution >= 0.6 is 0 Å². The Bertz CT molecular complexity index is 1010. The third-order valence-corrected chi connectivity index (χ3v) is 3.69. The molecular formula is C21H19NO5. The van der Waals surface area contributed by atoms with E-state index >= 15 is 0 Å². The average Bonchev–Trinajstić information content (AvgIpc) is 3.00. The van der Waals surface area contributed by atoms with Gasteiger partial charge in [0.1, 0.15) is 11.4 Å².